The van der Waals surface area contributed by atoms with Gasteiger partial charge in [-0.2, -0.15) is 11.8 Å². The van der Waals surface area contributed by atoms with E-state index in [0.717, 1.165) is 18.9 Å². The van der Waals surface area contributed by atoms with Gasteiger partial charge in [0.25, 0.3) is 0 Å². The van der Waals surface area contributed by atoms with Gasteiger partial charge in [-0.1, -0.05) is 0 Å². The predicted octanol–water partition coefficient (Wildman–Crippen LogP) is 3.89. The number of nitrogens with zero attached hydrogens (tertiary/aromatic N) is 1. The number of carbonyl (C=O) groups excluding carboxylic acids is 1. The molecule has 0 amide bonds. The number of hydrogen-bond acceptors (Lipinski definition) is 4. The SMILES string of the molecule is CN(CC(=O)c1cc(Br)sc1Br)C1CCSC1. The number of halogens is 2. The molecule has 0 spiro atoms. The molecular weight excluding hydrogens is 386 g/mol. The van der Waals surface area contributed by atoms with Gasteiger partial charge in [-0.05, 0) is 57.1 Å². The second-order valence-corrected chi connectivity index (χ2v) is 8.99. The van der Waals surface area contributed by atoms with Gasteiger partial charge >= 0.3 is 0 Å². The zero-order valence-electron chi connectivity index (χ0n) is 9.41. The maximum atomic E-state index is 12.2. The minimum absolute atomic E-state index is 0.193. The number of hydrogen-bond donors (Lipinski definition) is 0. The quantitative estimate of drug-likeness (QED) is 0.717. The van der Waals surface area contributed by atoms with Crippen LogP contribution >= 0.6 is 55.0 Å². The Morgan fingerprint density at radius 2 is 2.35 bits per heavy atom. The molecule has 17 heavy (non-hydrogen) atoms. The van der Waals surface area contributed by atoms with Gasteiger partial charge in [0.2, 0.25) is 0 Å². The Labute approximate surface area is 126 Å². The van der Waals surface area contributed by atoms with Gasteiger partial charge in [-0.15, -0.1) is 11.3 Å². The first kappa shape index (κ1) is 14.1. The average Bonchev–Trinajstić information content (AvgIpc) is 2.87. The van der Waals surface area contributed by atoms with Crippen LogP contribution in [0.25, 0.3) is 0 Å². The molecule has 6 heteroatoms. The van der Waals surface area contributed by atoms with E-state index in [1.807, 2.05) is 24.9 Å². The molecule has 1 aliphatic heterocycles. The fourth-order valence-corrected chi connectivity index (χ4v) is 6.00. The molecule has 2 heterocycles. The summed E-state index contributed by atoms with van der Waals surface area (Å²) in [4.78, 5) is 14.3. The minimum Gasteiger partial charge on any atom is -0.295 e. The van der Waals surface area contributed by atoms with Crippen LogP contribution in [-0.2, 0) is 0 Å². The van der Waals surface area contributed by atoms with Gasteiger partial charge in [0, 0.05) is 17.4 Å². The highest BCUT2D eigenvalue weighted by Gasteiger charge is 2.23. The molecule has 0 radical (unpaired) electrons. The molecule has 0 aliphatic carbocycles. The highest BCUT2D eigenvalue weighted by Crippen LogP contribution is 2.32. The summed E-state index contributed by atoms with van der Waals surface area (Å²) in [5, 5.41) is 0. The summed E-state index contributed by atoms with van der Waals surface area (Å²) in [6, 6.07) is 2.46. The molecule has 0 N–H and O–H groups in total. The third-order valence-electron chi connectivity index (χ3n) is 2.88. The van der Waals surface area contributed by atoms with Crippen molar-refractivity contribution in [3.8, 4) is 0 Å². The lowest BCUT2D eigenvalue weighted by Gasteiger charge is -2.22. The largest absolute Gasteiger partial charge is 0.295 e. The molecule has 94 valence electrons. The third kappa shape index (κ3) is 3.56. The van der Waals surface area contributed by atoms with E-state index in [0.29, 0.717) is 12.6 Å². The second-order valence-electron chi connectivity index (χ2n) is 4.09. The molecule has 1 atom stereocenters. The first-order valence-electron chi connectivity index (χ1n) is 5.34. The summed E-state index contributed by atoms with van der Waals surface area (Å²) in [5.74, 6) is 2.56. The van der Waals surface area contributed by atoms with Gasteiger partial charge in [0.1, 0.15) is 0 Å². The van der Waals surface area contributed by atoms with Crippen LogP contribution in [0.4, 0.5) is 0 Å². The number of Topliss-reactive ketones (excluding diaryl/α,β-unsaturated/α-hetero) is 1. The Morgan fingerprint density at radius 3 is 2.88 bits per heavy atom. The maximum Gasteiger partial charge on any atom is 0.178 e. The van der Waals surface area contributed by atoms with E-state index in [1.54, 1.807) is 11.3 Å². The normalized spacial score (nSPS) is 20.1. The Balaban J connectivity index is 1.98. The van der Waals surface area contributed by atoms with Crippen LogP contribution in [-0.4, -0.2) is 41.8 Å². The fourth-order valence-electron chi connectivity index (χ4n) is 1.84. The van der Waals surface area contributed by atoms with Gasteiger partial charge in [0.15, 0.2) is 5.78 Å². The van der Waals surface area contributed by atoms with Crippen molar-refractivity contribution in [2.75, 3.05) is 25.1 Å². The van der Waals surface area contributed by atoms with Crippen molar-refractivity contribution in [2.24, 2.45) is 0 Å². The number of thioether (sulfide) groups is 1. The Bertz CT molecular complexity index is 416. The van der Waals surface area contributed by atoms with E-state index in [2.05, 4.69) is 36.8 Å². The molecule has 1 aromatic rings. The second kappa shape index (κ2) is 6.19. The predicted molar refractivity (Wildman–Crippen MR) is 82.4 cm³/mol. The summed E-state index contributed by atoms with van der Waals surface area (Å²) in [6.07, 6.45) is 1.20. The first-order valence-corrected chi connectivity index (χ1v) is 8.89. The van der Waals surface area contributed by atoms with Gasteiger partial charge in [-0.3, -0.25) is 9.69 Å². The van der Waals surface area contributed by atoms with Crippen LogP contribution in [0.1, 0.15) is 16.8 Å². The van der Waals surface area contributed by atoms with E-state index >= 15 is 0 Å². The number of likely N-dealkylation sites (N-methyl/N-ethyl adjacent to an activating group) is 1. The Hall–Kier alpha value is 0.640. The number of rotatable bonds is 4. The summed E-state index contributed by atoms with van der Waals surface area (Å²) < 4.78 is 1.91. The molecule has 1 aliphatic rings. The Morgan fingerprint density at radius 1 is 1.59 bits per heavy atom. The number of carbonyl (C=O) groups is 1. The molecule has 2 nitrogen and oxygen atoms in total. The van der Waals surface area contributed by atoms with Crippen molar-refractivity contribution in [3.05, 3.63) is 19.2 Å². The molecule has 0 aromatic carbocycles. The molecule has 1 saturated heterocycles. The van der Waals surface area contributed by atoms with Crippen LogP contribution < -0.4 is 0 Å². The number of ketones is 1. The molecule has 0 bridgehead atoms. The van der Waals surface area contributed by atoms with Crippen molar-refractivity contribution in [3.63, 3.8) is 0 Å². The maximum absolute atomic E-state index is 12.2. The van der Waals surface area contributed by atoms with Crippen molar-refractivity contribution in [1.82, 2.24) is 4.90 Å². The molecule has 1 unspecified atom stereocenters. The topological polar surface area (TPSA) is 20.3 Å². The van der Waals surface area contributed by atoms with E-state index in [-0.39, 0.29) is 5.78 Å². The van der Waals surface area contributed by atoms with Gasteiger partial charge in [0.05, 0.1) is 14.1 Å². The van der Waals surface area contributed by atoms with Crippen LogP contribution in [0, 0.1) is 0 Å². The summed E-state index contributed by atoms with van der Waals surface area (Å²) in [7, 11) is 2.05. The molecule has 1 aromatic heterocycles. The van der Waals surface area contributed by atoms with E-state index < -0.39 is 0 Å². The highest BCUT2D eigenvalue weighted by atomic mass is 79.9. The standard InChI is InChI=1S/C11H13Br2NOS2/c1-14(7-2-3-16-6-7)5-9(15)8-4-10(12)17-11(8)13/h4,7H,2-3,5-6H2,1H3. The monoisotopic (exact) mass is 397 g/mol. The van der Waals surface area contributed by atoms with Gasteiger partial charge < -0.3 is 0 Å². The minimum atomic E-state index is 0.193. The lowest BCUT2D eigenvalue weighted by atomic mass is 10.2. The van der Waals surface area contributed by atoms with Crippen LogP contribution in [0.15, 0.2) is 13.6 Å². The fraction of sp³-hybridized carbons (Fsp3) is 0.545. The molecule has 0 saturated carbocycles. The summed E-state index contributed by atoms with van der Waals surface area (Å²) in [5.41, 5.74) is 0.791. The van der Waals surface area contributed by atoms with E-state index in [9.17, 15) is 4.79 Å². The highest BCUT2D eigenvalue weighted by molar-refractivity contribution is 9.12. The zero-order valence-corrected chi connectivity index (χ0v) is 14.2. The molecule has 2 rings (SSSR count). The van der Waals surface area contributed by atoms with Crippen LogP contribution in [0.2, 0.25) is 0 Å². The molecular formula is C11H13Br2NOS2. The van der Waals surface area contributed by atoms with Crippen LogP contribution in [0.3, 0.4) is 0 Å². The average molecular weight is 399 g/mol. The lowest BCUT2D eigenvalue weighted by molar-refractivity contribution is 0.0926. The third-order valence-corrected chi connectivity index (χ3v) is 6.36. The number of thiophene rings is 1. The smallest absolute Gasteiger partial charge is 0.178 e. The van der Waals surface area contributed by atoms with Gasteiger partial charge in [-0.25, -0.2) is 0 Å². The van der Waals surface area contributed by atoms with E-state index in [4.69, 9.17) is 0 Å². The van der Waals surface area contributed by atoms with Crippen molar-refractivity contribution < 1.29 is 4.79 Å². The van der Waals surface area contributed by atoms with Crippen molar-refractivity contribution in [2.45, 2.75) is 12.5 Å². The van der Waals surface area contributed by atoms with Crippen LogP contribution in [0.5, 0.6) is 0 Å². The zero-order chi connectivity index (χ0) is 12.4. The van der Waals surface area contributed by atoms with E-state index in [1.165, 1.54) is 12.2 Å². The first-order chi connectivity index (χ1) is 8.08. The summed E-state index contributed by atoms with van der Waals surface area (Å²) in [6.45, 7) is 0.507. The summed E-state index contributed by atoms with van der Waals surface area (Å²) >= 11 is 10.4. The van der Waals surface area contributed by atoms with Crippen molar-refractivity contribution in [1.29, 1.82) is 0 Å². The lowest BCUT2D eigenvalue weighted by Crippen LogP contribution is -2.35. The Kier molecular flexibility index (Phi) is 5.12. The molecule has 1 fully saturated rings. The van der Waals surface area contributed by atoms with Crippen molar-refractivity contribution >= 4 is 60.7 Å².